The Hall–Kier alpha value is -0.00571. The minimum Gasteiger partial charge on any atom is -0.147 e. The van der Waals surface area contributed by atoms with E-state index in [0.717, 1.165) is 6.42 Å². The van der Waals surface area contributed by atoms with Crippen molar-refractivity contribution >= 4 is 28.7 Å². The molecule has 0 heterocycles. The smallest absolute Gasteiger partial charge is 0.147 e. The van der Waals surface area contributed by atoms with Crippen LogP contribution in [0.1, 0.15) is 59.1 Å². The van der Waals surface area contributed by atoms with E-state index in [4.69, 9.17) is 0 Å². The van der Waals surface area contributed by atoms with Crippen LogP contribution in [0.3, 0.4) is 0 Å². The van der Waals surface area contributed by atoms with Gasteiger partial charge in [-0.25, -0.2) is 0 Å². The zero-order valence-corrected chi connectivity index (χ0v) is 22.7. The zero-order valence-electron chi connectivity index (χ0n) is 19.5. The first-order chi connectivity index (χ1) is 10.7. The summed E-state index contributed by atoms with van der Waals surface area (Å²) in [6, 6.07) is 7.05. The van der Waals surface area contributed by atoms with Crippen LogP contribution in [0.2, 0.25) is 26.1 Å². The zero-order chi connectivity index (χ0) is 19.6. The van der Waals surface area contributed by atoms with Crippen LogP contribution in [0.4, 0.5) is 0 Å². The van der Waals surface area contributed by atoms with E-state index in [-0.39, 0.29) is 35.6 Å². The van der Waals surface area contributed by atoms with Crippen molar-refractivity contribution < 1.29 is 12.7 Å². The second kappa shape index (κ2) is 6.01. The maximum Gasteiger partial charge on any atom is -0.147 e. The summed E-state index contributed by atoms with van der Waals surface area (Å²) < 4.78 is 3.32. The molecule has 1 aliphatic rings. The average Bonchev–Trinajstić information content (AvgIpc) is 2.89. The molecule has 2 rings (SSSR count). The summed E-state index contributed by atoms with van der Waals surface area (Å²) in [7, 11) is 0. The van der Waals surface area contributed by atoms with Gasteiger partial charge >= 0.3 is 153 Å². The molecule has 0 N–H and O–H groups in total. The van der Waals surface area contributed by atoms with Crippen LogP contribution in [-0.4, -0.2) is 0 Å². The van der Waals surface area contributed by atoms with Gasteiger partial charge in [0.1, 0.15) is 0 Å². The summed E-state index contributed by atoms with van der Waals surface area (Å²) in [5.41, 5.74) is 3.30. The number of rotatable bonds is 2. The number of allylic oxidation sites excluding steroid dienone is 4. The van der Waals surface area contributed by atoms with Gasteiger partial charge < -0.3 is 0 Å². The Bertz CT molecular complexity index is 765. The Morgan fingerprint density at radius 3 is 1.44 bits per heavy atom. The molecule has 3 heteroatoms. The molecular formula is C24H43Cl2Ti. The van der Waals surface area contributed by atoms with Crippen molar-refractivity contribution in [3.63, 3.8) is 0 Å². The SMILES string of the molecule is CC(C)(C)c1cccc(C(C)(C)C)[c]1[Ti]([CH3])([CH3])([CH3])([CH3])([CH3])[C]1=CC=CC1.Cl.Cl. The van der Waals surface area contributed by atoms with Gasteiger partial charge in [0, 0.05) is 0 Å². The van der Waals surface area contributed by atoms with Crippen molar-refractivity contribution in [3.05, 3.63) is 51.4 Å². The van der Waals surface area contributed by atoms with Crippen molar-refractivity contribution in [1.82, 2.24) is 0 Å². The van der Waals surface area contributed by atoms with Crippen molar-refractivity contribution in [2.45, 2.75) is 84.9 Å². The van der Waals surface area contributed by atoms with Crippen LogP contribution in [0, 0.1) is 0 Å². The van der Waals surface area contributed by atoms with E-state index >= 15 is 0 Å². The normalized spacial score (nSPS) is 18.9. The van der Waals surface area contributed by atoms with Crippen molar-refractivity contribution in [1.29, 1.82) is 0 Å². The standard InChI is InChI=1S/C14H21.C5H5.5CH3.2ClH.Ti/c1-13(2,3)11-8-7-9-12(10-11)14(4,5)6;1-2-4-5-3-1;;;;;;;;/h7-9H,1-6H3;1-3H,4H2;5*1H3;2*1H;. The molecule has 157 valence electrons. The summed E-state index contributed by atoms with van der Waals surface area (Å²) in [4.78, 5) is 0. The fourth-order valence-electron chi connectivity index (χ4n) is 4.91. The van der Waals surface area contributed by atoms with E-state index in [1.807, 2.05) is 0 Å². The number of halogens is 2. The monoisotopic (exact) mass is 449 g/mol. The second-order valence-electron chi connectivity index (χ2n) is 15.2. The van der Waals surface area contributed by atoms with Gasteiger partial charge in [-0.1, -0.05) is 0 Å². The summed E-state index contributed by atoms with van der Waals surface area (Å²) in [5.74, 6) is 0. The molecule has 1 aromatic rings. The average molecular weight is 450 g/mol. The molecule has 0 radical (unpaired) electrons. The van der Waals surface area contributed by atoms with Gasteiger partial charge in [-0.2, -0.15) is 0 Å². The van der Waals surface area contributed by atoms with E-state index in [1.54, 1.807) is 7.75 Å². The fourth-order valence-corrected chi connectivity index (χ4v) is 15.0. The first-order valence-electron chi connectivity index (χ1n) is 9.96. The maximum atomic E-state index is 2.64. The molecule has 0 spiro atoms. The Morgan fingerprint density at radius 2 is 1.15 bits per heavy atom. The molecule has 0 aromatic heterocycles. The van der Waals surface area contributed by atoms with Crippen LogP contribution in [0.25, 0.3) is 0 Å². The Morgan fingerprint density at radius 1 is 0.741 bits per heavy atom. The molecular weight excluding hydrogens is 407 g/mol. The number of benzene rings is 1. The molecule has 1 aliphatic carbocycles. The predicted octanol–water partition coefficient (Wildman–Crippen LogP) is 8.60. The molecule has 27 heavy (non-hydrogen) atoms. The Kier molecular flexibility index (Phi) is 6.01. The number of hydrogen-bond donors (Lipinski definition) is 0. The molecule has 0 atom stereocenters. The van der Waals surface area contributed by atoms with E-state index in [0.29, 0.717) is 0 Å². The molecule has 1 aromatic carbocycles. The molecule has 0 amide bonds. The second-order valence-corrected chi connectivity index (χ2v) is 40.8. The van der Waals surface area contributed by atoms with E-state index in [1.165, 1.54) is 11.1 Å². The first-order valence-corrected chi connectivity index (χ1v) is 19.3. The minimum absolute atomic E-state index is 0. The first kappa shape index (κ1) is 27.0. The predicted molar refractivity (Wildman–Crippen MR) is 129 cm³/mol. The van der Waals surface area contributed by atoms with Gasteiger partial charge in [-0.3, -0.25) is 0 Å². The third-order valence-corrected chi connectivity index (χ3v) is 17.8. The van der Waals surface area contributed by atoms with Gasteiger partial charge in [0.15, 0.2) is 0 Å². The Labute approximate surface area is 177 Å². The minimum atomic E-state index is -4.21. The van der Waals surface area contributed by atoms with Crippen molar-refractivity contribution in [3.8, 4) is 0 Å². The summed E-state index contributed by atoms with van der Waals surface area (Å²) in [6.07, 6.45) is 8.10. The molecule has 0 saturated carbocycles. The summed E-state index contributed by atoms with van der Waals surface area (Å²) >= 11 is -4.21. The van der Waals surface area contributed by atoms with Crippen molar-refractivity contribution in [2.75, 3.05) is 0 Å². The molecule has 0 aliphatic heterocycles. The van der Waals surface area contributed by atoms with Crippen LogP contribution in [-0.2, 0) is 23.6 Å². The molecule has 0 bridgehead atoms. The van der Waals surface area contributed by atoms with Gasteiger partial charge in [0.05, 0.1) is 0 Å². The van der Waals surface area contributed by atoms with Crippen molar-refractivity contribution in [2.24, 2.45) is 0 Å². The quantitative estimate of drug-likeness (QED) is 0.396. The largest absolute Gasteiger partial charge is 0.147 e. The molecule has 0 unspecified atom stereocenters. The van der Waals surface area contributed by atoms with Crippen LogP contribution in [0.5, 0.6) is 0 Å². The van der Waals surface area contributed by atoms with Gasteiger partial charge in [0.25, 0.3) is 0 Å². The number of hydrogen-bond acceptors (Lipinski definition) is 0. The topological polar surface area (TPSA) is 0 Å². The third-order valence-electron chi connectivity index (χ3n) is 6.59. The van der Waals surface area contributed by atoms with Crippen LogP contribution < -0.4 is 3.87 Å². The summed E-state index contributed by atoms with van der Waals surface area (Å²) in [5, 5.41) is 13.2. The van der Waals surface area contributed by atoms with Gasteiger partial charge in [0.2, 0.25) is 0 Å². The van der Waals surface area contributed by atoms with Gasteiger partial charge in [-0.05, 0) is 0 Å². The van der Waals surface area contributed by atoms with Crippen LogP contribution in [0.15, 0.2) is 40.3 Å². The van der Waals surface area contributed by atoms with Crippen LogP contribution >= 0.6 is 24.8 Å². The summed E-state index contributed by atoms with van der Waals surface area (Å²) in [6.45, 7) is 14.2. The van der Waals surface area contributed by atoms with Gasteiger partial charge in [-0.15, -0.1) is 24.8 Å². The maximum absolute atomic E-state index is 4.21. The van der Waals surface area contributed by atoms with E-state index in [2.05, 4.69) is 104 Å². The molecule has 0 saturated heterocycles. The Balaban J connectivity index is 0.00000338. The third kappa shape index (κ3) is 4.61. The fraction of sp³-hybridized carbons (Fsp3) is 0.583. The van der Waals surface area contributed by atoms with E-state index < -0.39 is 12.7 Å². The molecule has 0 nitrogen and oxygen atoms in total. The molecule has 0 fully saturated rings. The van der Waals surface area contributed by atoms with E-state index in [9.17, 15) is 0 Å².